The number of rotatable bonds is 5. The van der Waals surface area contributed by atoms with E-state index in [1.54, 1.807) is 0 Å². The van der Waals surface area contributed by atoms with Crippen molar-refractivity contribution in [1.29, 1.82) is 0 Å². The molecule has 0 saturated heterocycles. The van der Waals surface area contributed by atoms with Gasteiger partial charge in [-0.3, -0.25) is 4.79 Å². The zero-order chi connectivity index (χ0) is 18.1. The molecular formula is C21H22ClNO3. The van der Waals surface area contributed by atoms with Crippen LogP contribution in [0.1, 0.15) is 41.1 Å². The lowest BCUT2D eigenvalue weighted by Gasteiger charge is -2.22. The first-order chi connectivity index (χ1) is 12.6. The van der Waals surface area contributed by atoms with Crippen LogP contribution in [0.3, 0.4) is 0 Å². The number of carbonyl (C=O) groups excluding carboxylic acids is 1. The van der Waals surface area contributed by atoms with Gasteiger partial charge in [0.15, 0.2) is 6.79 Å². The van der Waals surface area contributed by atoms with Gasteiger partial charge in [0, 0.05) is 16.1 Å². The topological polar surface area (TPSA) is 47.6 Å². The summed E-state index contributed by atoms with van der Waals surface area (Å²) in [6.07, 6.45) is 2.57. The normalized spacial score (nSPS) is 17.2. The summed E-state index contributed by atoms with van der Waals surface area (Å²) >= 11 is 6.20. The van der Waals surface area contributed by atoms with Gasteiger partial charge in [0.05, 0.1) is 19.1 Å². The van der Waals surface area contributed by atoms with E-state index in [1.807, 2.05) is 12.1 Å². The number of benzene rings is 2. The third kappa shape index (κ3) is 3.87. The Hall–Kier alpha value is -2.04. The van der Waals surface area contributed by atoms with E-state index >= 15 is 0 Å². The molecule has 136 valence electrons. The van der Waals surface area contributed by atoms with Crippen LogP contribution in [-0.4, -0.2) is 12.7 Å². The molecule has 1 fully saturated rings. The number of nitrogens with one attached hydrogen (secondary N) is 1. The maximum atomic E-state index is 12.8. The van der Waals surface area contributed by atoms with Crippen molar-refractivity contribution in [3.63, 3.8) is 0 Å². The molecule has 0 unspecified atom stereocenters. The summed E-state index contributed by atoms with van der Waals surface area (Å²) in [6.45, 7) is 2.73. The average Bonchev–Trinajstić information content (AvgIpc) is 3.45. The van der Waals surface area contributed by atoms with Crippen molar-refractivity contribution in [3.8, 4) is 5.75 Å². The number of hydrogen-bond acceptors (Lipinski definition) is 3. The van der Waals surface area contributed by atoms with Gasteiger partial charge in [-0.25, -0.2) is 0 Å². The Morgan fingerprint density at radius 3 is 2.77 bits per heavy atom. The number of hydrogen-bond donors (Lipinski definition) is 1. The van der Waals surface area contributed by atoms with E-state index in [4.69, 9.17) is 21.1 Å². The molecule has 4 nitrogen and oxygen atoms in total. The van der Waals surface area contributed by atoms with Gasteiger partial charge in [-0.15, -0.1) is 0 Å². The van der Waals surface area contributed by atoms with E-state index in [0.29, 0.717) is 17.5 Å². The molecule has 2 aromatic rings. The van der Waals surface area contributed by atoms with Gasteiger partial charge in [-0.2, -0.15) is 0 Å². The van der Waals surface area contributed by atoms with Crippen molar-refractivity contribution in [2.24, 2.45) is 5.92 Å². The fourth-order valence-electron chi connectivity index (χ4n) is 3.46. The molecule has 0 aromatic heterocycles. The van der Waals surface area contributed by atoms with Gasteiger partial charge in [-0.05, 0) is 43.4 Å². The minimum absolute atomic E-state index is 0.0120. The maximum Gasteiger partial charge on any atom is 0.225 e. The second kappa shape index (κ2) is 7.29. The fourth-order valence-corrected chi connectivity index (χ4v) is 3.73. The molecule has 1 saturated carbocycles. The number of amides is 1. The van der Waals surface area contributed by atoms with Crippen LogP contribution in [-0.2, 0) is 22.6 Å². The first-order valence-corrected chi connectivity index (χ1v) is 9.36. The standard InChI is InChI=1S/C21H22ClNO3/c1-13-2-4-14(5-3-13)20(15-6-7-15)23-19(24)10-16-8-18(22)9-17-11-25-12-26-21(16)17/h2-5,8-9,15,20H,6-7,10-12H2,1H3,(H,23,24)/t20-/m1/s1. The third-order valence-corrected chi connectivity index (χ3v) is 5.17. The number of carbonyl (C=O) groups is 1. The summed E-state index contributed by atoms with van der Waals surface area (Å²) in [5.74, 6) is 1.25. The predicted octanol–water partition coefficient (Wildman–Crippen LogP) is 4.32. The quantitative estimate of drug-likeness (QED) is 0.851. The zero-order valence-electron chi connectivity index (χ0n) is 14.8. The molecule has 1 aliphatic carbocycles. The highest BCUT2D eigenvalue weighted by atomic mass is 35.5. The zero-order valence-corrected chi connectivity index (χ0v) is 15.5. The highest BCUT2D eigenvalue weighted by molar-refractivity contribution is 6.30. The van der Waals surface area contributed by atoms with E-state index in [1.165, 1.54) is 11.1 Å². The third-order valence-electron chi connectivity index (χ3n) is 4.95. The second-order valence-electron chi connectivity index (χ2n) is 7.13. The van der Waals surface area contributed by atoms with Gasteiger partial charge in [0.2, 0.25) is 5.91 Å². The Kier molecular flexibility index (Phi) is 4.88. The molecule has 1 N–H and O–H groups in total. The molecule has 4 rings (SSSR count). The van der Waals surface area contributed by atoms with Gasteiger partial charge in [0.1, 0.15) is 5.75 Å². The van der Waals surface area contributed by atoms with E-state index in [-0.39, 0.29) is 25.2 Å². The summed E-state index contributed by atoms with van der Waals surface area (Å²) in [4.78, 5) is 12.8. The van der Waals surface area contributed by atoms with Crippen molar-refractivity contribution in [1.82, 2.24) is 5.32 Å². The van der Waals surface area contributed by atoms with Gasteiger partial charge < -0.3 is 14.8 Å². The van der Waals surface area contributed by atoms with Gasteiger partial charge in [-0.1, -0.05) is 41.4 Å². The molecule has 1 aliphatic heterocycles. The second-order valence-corrected chi connectivity index (χ2v) is 7.57. The Morgan fingerprint density at radius 1 is 1.27 bits per heavy atom. The van der Waals surface area contributed by atoms with Crippen molar-refractivity contribution in [2.45, 2.75) is 38.8 Å². The van der Waals surface area contributed by atoms with Gasteiger partial charge >= 0.3 is 0 Å². The first-order valence-electron chi connectivity index (χ1n) is 8.98. The summed E-state index contributed by atoms with van der Waals surface area (Å²) in [5, 5.41) is 3.82. The highest BCUT2D eigenvalue weighted by Crippen LogP contribution is 2.41. The molecule has 2 aromatic carbocycles. The molecule has 0 bridgehead atoms. The van der Waals surface area contributed by atoms with E-state index < -0.39 is 0 Å². The van der Waals surface area contributed by atoms with Crippen LogP contribution >= 0.6 is 11.6 Å². The van der Waals surface area contributed by atoms with Crippen LogP contribution in [0, 0.1) is 12.8 Å². The average molecular weight is 372 g/mol. The molecular weight excluding hydrogens is 350 g/mol. The monoisotopic (exact) mass is 371 g/mol. The molecule has 1 amide bonds. The smallest absolute Gasteiger partial charge is 0.225 e. The van der Waals surface area contributed by atoms with Crippen LogP contribution in [0.5, 0.6) is 5.75 Å². The summed E-state index contributed by atoms with van der Waals surface area (Å²) < 4.78 is 10.9. The van der Waals surface area contributed by atoms with Crippen molar-refractivity contribution in [2.75, 3.05) is 6.79 Å². The molecule has 5 heteroatoms. The molecule has 26 heavy (non-hydrogen) atoms. The van der Waals surface area contributed by atoms with E-state index in [0.717, 1.165) is 29.7 Å². The van der Waals surface area contributed by atoms with Crippen LogP contribution in [0.15, 0.2) is 36.4 Å². The highest BCUT2D eigenvalue weighted by Gasteiger charge is 2.33. The lowest BCUT2D eigenvalue weighted by molar-refractivity contribution is -0.121. The lowest BCUT2D eigenvalue weighted by Crippen LogP contribution is -2.31. The SMILES string of the molecule is Cc1ccc([C@@H](NC(=O)Cc2cc(Cl)cc3c2OCOC3)C2CC2)cc1. The van der Waals surface area contributed by atoms with Gasteiger partial charge in [0.25, 0.3) is 0 Å². The first kappa shape index (κ1) is 17.4. The van der Waals surface area contributed by atoms with Crippen LogP contribution in [0.2, 0.25) is 5.02 Å². The molecule has 1 atom stereocenters. The maximum absolute atomic E-state index is 12.8. The molecule has 2 aliphatic rings. The van der Waals surface area contributed by atoms with E-state index in [2.05, 4.69) is 36.5 Å². The molecule has 0 radical (unpaired) electrons. The van der Waals surface area contributed by atoms with Crippen molar-refractivity contribution >= 4 is 17.5 Å². The minimum Gasteiger partial charge on any atom is -0.467 e. The fraction of sp³-hybridized carbons (Fsp3) is 0.381. The van der Waals surface area contributed by atoms with Crippen molar-refractivity contribution in [3.05, 3.63) is 63.7 Å². The predicted molar refractivity (Wildman–Crippen MR) is 100 cm³/mol. The van der Waals surface area contributed by atoms with Crippen LogP contribution in [0.25, 0.3) is 0 Å². The summed E-state index contributed by atoms with van der Waals surface area (Å²) in [5.41, 5.74) is 4.10. The molecule has 0 spiro atoms. The minimum atomic E-state index is -0.0120. The number of aryl methyl sites for hydroxylation is 1. The number of halogens is 1. The summed E-state index contributed by atoms with van der Waals surface area (Å²) in [6, 6.07) is 12.1. The Balaban J connectivity index is 1.51. The lowest BCUT2D eigenvalue weighted by atomic mass is 10.00. The number of fused-ring (bicyclic) bond motifs is 1. The Bertz CT molecular complexity index is 815. The van der Waals surface area contributed by atoms with Crippen LogP contribution in [0.4, 0.5) is 0 Å². The Labute approximate surface area is 158 Å². The number of ether oxygens (including phenoxy) is 2. The Morgan fingerprint density at radius 2 is 2.04 bits per heavy atom. The van der Waals surface area contributed by atoms with Crippen LogP contribution < -0.4 is 10.1 Å². The van der Waals surface area contributed by atoms with E-state index in [9.17, 15) is 4.79 Å². The van der Waals surface area contributed by atoms with Crippen molar-refractivity contribution < 1.29 is 14.3 Å². The largest absolute Gasteiger partial charge is 0.467 e. The summed E-state index contributed by atoms with van der Waals surface area (Å²) in [7, 11) is 0. The molecule has 1 heterocycles.